The Morgan fingerprint density at radius 1 is 1.15 bits per heavy atom. The third-order valence-electron chi connectivity index (χ3n) is 1.93. The molecule has 0 atom stereocenters. The Morgan fingerprint density at radius 3 is 2.62 bits per heavy atom. The van der Waals surface area contributed by atoms with Crippen molar-refractivity contribution in [2.45, 2.75) is 26.2 Å². The van der Waals surface area contributed by atoms with Crippen molar-refractivity contribution in [3.8, 4) is 0 Å². The smallest absolute Gasteiger partial charge is 0.218 e. The van der Waals surface area contributed by atoms with Crippen LogP contribution in [0.1, 0.15) is 26.5 Å². The quantitative estimate of drug-likeness (QED) is 0.609. The van der Waals surface area contributed by atoms with Gasteiger partial charge < -0.3 is 0 Å². The number of nitrogens with zero attached hydrogens (tertiary/aromatic N) is 4. The molecule has 0 N–H and O–H groups in total. The lowest BCUT2D eigenvalue weighted by atomic mass is 9.93. The predicted octanol–water partition coefficient (Wildman–Crippen LogP) is 1.42. The molecule has 68 valence electrons. The van der Waals surface area contributed by atoms with Crippen LogP contribution in [0.3, 0.4) is 0 Å². The fourth-order valence-electron chi connectivity index (χ4n) is 1.25. The van der Waals surface area contributed by atoms with Crippen molar-refractivity contribution in [1.29, 1.82) is 0 Å². The highest BCUT2D eigenvalue weighted by Gasteiger charge is 2.19. The van der Waals surface area contributed by atoms with Crippen LogP contribution in [0, 0.1) is 0 Å². The average molecular weight is 176 g/mol. The van der Waals surface area contributed by atoms with E-state index in [1.54, 1.807) is 16.9 Å². The maximum Gasteiger partial charge on any atom is 0.250 e. The van der Waals surface area contributed by atoms with E-state index in [9.17, 15) is 0 Å². The summed E-state index contributed by atoms with van der Waals surface area (Å²) in [4.78, 5) is 8.28. The van der Waals surface area contributed by atoms with Crippen LogP contribution in [0.15, 0.2) is 18.6 Å². The molecule has 0 saturated carbocycles. The van der Waals surface area contributed by atoms with Crippen LogP contribution in [0.4, 0.5) is 0 Å². The van der Waals surface area contributed by atoms with Crippen molar-refractivity contribution in [1.82, 2.24) is 19.6 Å². The highest BCUT2D eigenvalue weighted by atomic mass is 15.3. The molecule has 0 aliphatic rings. The molecular formula is C9H12N4. The Kier molecular flexibility index (Phi) is 1.58. The van der Waals surface area contributed by atoms with Gasteiger partial charge in [0.15, 0.2) is 0 Å². The maximum absolute atomic E-state index is 4.20. The van der Waals surface area contributed by atoms with Crippen molar-refractivity contribution < 1.29 is 0 Å². The molecule has 2 heterocycles. The average Bonchev–Trinajstić information content (AvgIpc) is 2.45. The Bertz CT molecular complexity index is 424. The Labute approximate surface area is 76.6 Å². The van der Waals surface area contributed by atoms with Crippen LogP contribution in [0.5, 0.6) is 0 Å². The molecule has 2 aromatic heterocycles. The van der Waals surface area contributed by atoms with Gasteiger partial charge in [-0.1, -0.05) is 20.8 Å². The van der Waals surface area contributed by atoms with Crippen LogP contribution < -0.4 is 0 Å². The van der Waals surface area contributed by atoms with Gasteiger partial charge in [-0.2, -0.15) is 5.10 Å². The largest absolute Gasteiger partial charge is 0.250 e. The van der Waals surface area contributed by atoms with Gasteiger partial charge in [-0.3, -0.25) is 0 Å². The Morgan fingerprint density at radius 2 is 1.92 bits per heavy atom. The standard InChI is InChI=1S/C9H12N4/c1-9(2,3)7-6-11-8-10-4-5-12-13(7)8/h4-6H,1-3H3. The summed E-state index contributed by atoms with van der Waals surface area (Å²) in [7, 11) is 0. The van der Waals surface area contributed by atoms with Crippen LogP contribution in [-0.4, -0.2) is 19.6 Å². The maximum atomic E-state index is 4.20. The number of aromatic nitrogens is 4. The van der Waals surface area contributed by atoms with Crippen LogP contribution in [0.25, 0.3) is 5.78 Å². The highest BCUT2D eigenvalue weighted by molar-refractivity contribution is 5.30. The van der Waals surface area contributed by atoms with Gasteiger partial charge in [0.05, 0.1) is 24.3 Å². The van der Waals surface area contributed by atoms with Crippen molar-refractivity contribution >= 4 is 5.78 Å². The lowest BCUT2D eigenvalue weighted by Gasteiger charge is -2.16. The molecule has 0 unspecified atom stereocenters. The second kappa shape index (κ2) is 2.52. The zero-order valence-corrected chi connectivity index (χ0v) is 8.02. The van der Waals surface area contributed by atoms with E-state index in [0.29, 0.717) is 5.78 Å². The fourth-order valence-corrected chi connectivity index (χ4v) is 1.25. The zero-order valence-electron chi connectivity index (χ0n) is 8.02. The van der Waals surface area contributed by atoms with Crippen molar-refractivity contribution in [3.63, 3.8) is 0 Å². The second-order valence-corrected chi connectivity index (χ2v) is 4.05. The topological polar surface area (TPSA) is 43.1 Å². The summed E-state index contributed by atoms with van der Waals surface area (Å²) in [5.74, 6) is 0.660. The number of hydrogen-bond acceptors (Lipinski definition) is 3. The zero-order chi connectivity index (χ0) is 9.47. The highest BCUT2D eigenvalue weighted by Crippen LogP contribution is 2.21. The summed E-state index contributed by atoms with van der Waals surface area (Å²) in [5, 5.41) is 4.20. The first-order valence-corrected chi connectivity index (χ1v) is 4.24. The molecular weight excluding hydrogens is 164 g/mol. The second-order valence-electron chi connectivity index (χ2n) is 4.05. The van der Waals surface area contributed by atoms with Gasteiger partial charge >= 0.3 is 0 Å². The number of fused-ring (bicyclic) bond motifs is 1. The summed E-state index contributed by atoms with van der Waals surface area (Å²) in [6, 6.07) is 0. The minimum Gasteiger partial charge on any atom is -0.218 e. The van der Waals surface area contributed by atoms with E-state index < -0.39 is 0 Å². The molecule has 4 nitrogen and oxygen atoms in total. The van der Waals surface area contributed by atoms with Gasteiger partial charge in [0, 0.05) is 5.41 Å². The molecule has 2 rings (SSSR count). The first-order valence-electron chi connectivity index (χ1n) is 4.24. The molecule has 0 aliphatic carbocycles. The molecule has 0 bridgehead atoms. The number of imidazole rings is 1. The van der Waals surface area contributed by atoms with Gasteiger partial charge in [-0.25, -0.2) is 14.5 Å². The molecule has 0 radical (unpaired) electrons. The molecule has 4 heteroatoms. The van der Waals surface area contributed by atoms with E-state index in [4.69, 9.17) is 0 Å². The molecule has 0 fully saturated rings. The van der Waals surface area contributed by atoms with Crippen LogP contribution in [-0.2, 0) is 5.41 Å². The van der Waals surface area contributed by atoms with Gasteiger partial charge in [0.2, 0.25) is 0 Å². The van der Waals surface area contributed by atoms with E-state index in [0.717, 1.165) is 5.69 Å². The van der Waals surface area contributed by atoms with Gasteiger partial charge in [-0.05, 0) is 0 Å². The summed E-state index contributed by atoms with van der Waals surface area (Å²) in [6.07, 6.45) is 5.15. The molecule has 0 saturated heterocycles. The molecule has 0 aromatic carbocycles. The minimum atomic E-state index is 0.0510. The van der Waals surface area contributed by atoms with E-state index in [1.165, 1.54) is 0 Å². The molecule has 0 amide bonds. The van der Waals surface area contributed by atoms with Crippen molar-refractivity contribution in [3.05, 3.63) is 24.3 Å². The monoisotopic (exact) mass is 176 g/mol. The number of rotatable bonds is 0. The first kappa shape index (κ1) is 8.16. The van der Waals surface area contributed by atoms with E-state index in [2.05, 4.69) is 35.8 Å². The fraction of sp³-hybridized carbons (Fsp3) is 0.444. The van der Waals surface area contributed by atoms with Crippen molar-refractivity contribution in [2.75, 3.05) is 0 Å². The van der Waals surface area contributed by atoms with E-state index in [1.807, 2.05) is 6.20 Å². The van der Waals surface area contributed by atoms with Crippen LogP contribution in [0.2, 0.25) is 0 Å². The number of hydrogen-bond donors (Lipinski definition) is 0. The molecule has 0 aliphatic heterocycles. The van der Waals surface area contributed by atoms with Gasteiger partial charge in [-0.15, -0.1) is 0 Å². The normalized spacial score (nSPS) is 12.2. The summed E-state index contributed by atoms with van der Waals surface area (Å²) >= 11 is 0. The summed E-state index contributed by atoms with van der Waals surface area (Å²) in [5.41, 5.74) is 1.13. The predicted molar refractivity (Wildman–Crippen MR) is 49.5 cm³/mol. The van der Waals surface area contributed by atoms with E-state index >= 15 is 0 Å². The molecule has 13 heavy (non-hydrogen) atoms. The van der Waals surface area contributed by atoms with Crippen molar-refractivity contribution in [2.24, 2.45) is 0 Å². The lowest BCUT2D eigenvalue weighted by molar-refractivity contribution is 0.549. The lowest BCUT2D eigenvalue weighted by Crippen LogP contribution is -2.15. The van der Waals surface area contributed by atoms with Gasteiger partial charge in [0.1, 0.15) is 0 Å². The minimum absolute atomic E-state index is 0.0510. The molecule has 2 aromatic rings. The summed E-state index contributed by atoms with van der Waals surface area (Å²) in [6.45, 7) is 6.39. The third kappa shape index (κ3) is 1.28. The third-order valence-corrected chi connectivity index (χ3v) is 1.93. The SMILES string of the molecule is CC(C)(C)c1cnc2nccnn12. The summed E-state index contributed by atoms with van der Waals surface area (Å²) < 4.78 is 1.78. The first-order chi connectivity index (χ1) is 6.09. The Hall–Kier alpha value is -1.45. The van der Waals surface area contributed by atoms with E-state index in [-0.39, 0.29) is 5.41 Å². The van der Waals surface area contributed by atoms with Crippen LogP contribution >= 0.6 is 0 Å². The Balaban J connectivity index is 2.72. The molecule has 0 spiro atoms. The van der Waals surface area contributed by atoms with Gasteiger partial charge in [0.25, 0.3) is 5.78 Å².